The number of hydrogen-bond donors (Lipinski definition) is 0. The van der Waals surface area contributed by atoms with E-state index < -0.39 is 5.82 Å². The molecule has 0 aliphatic carbocycles. The molecule has 1 aliphatic heterocycles. The Kier molecular flexibility index (Phi) is 5.72. The van der Waals surface area contributed by atoms with E-state index in [-0.39, 0.29) is 24.1 Å². The van der Waals surface area contributed by atoms with E-state index >= 15 is 0 Å². The molecule has 1 saturated heterocycles. The molecular weight excluding hydrogens is 329 g/mol. The van der Waals surface area contributed by atoms with Crippen LogP contribution in [0.15, 0.2) is 28.8 Å². The molecule has 0 bridgehead atoms. The maximum Gasteiger partial charge on any atom is 0.257 e. The first-order valence-electron chi connectivity index (χ1n) is 8.15. The van der Waals surface area contributed by atoms with Crippen molar-refractivity contribution in [1.82, 2.24) is 15.0 Å². The van der Waals surface area contributed by atoms with Gasteiger partial charge in [0.1, 0.15) is 12.4 Å². The number of halogens is 1. The van der Waals surface area contributed by atoms with Gasteiger partial charge in [-0.15, -0.1) is 0 Å². The number of carbonyl (C=O) groups excluding carboxylic acids is 1. The number of methoxy groups -OCH3 is 1. The maximum absolute atomic E-state index is 13.9. The van der Waals surface area contributed by atoms with Gasteiger partial charge in [0.05, 0.1) is 24.8 Å². The predicted molar refractivity (Wildman–Crippen MR) is 85.2 cm³/mol. The van der Waals surface area contributed by atoms with Gasteiger partial charge in [-0.05, 0) is 25.0 Å². The first-order chi connectivity index (χ1) is 12.2. The second-order valence-corrected chi connectivity index (χ2v) is 5.73. The number of carbonyl (C=O) groups is 1. The number of nitrogens with zero attached hydrogens (tertiary/aromatic N) is 3. The van der Waals surface area contributed by atoms with Crippen molar-refractivity contribution >= 4 is 5.91 Å². The molecule has 0 N–H and O–H groups in total. The SMILES string of the molecule is COCCOCc1nc(C2CCCN2C(=O)c2ccccc2F)no1. The summed E-state index contributed by atoms with van der Waals surface area (Å²) < 4.78 is 29.3. The number of hydrogen-bond acceptors (Lipinski definition) is 6. The van der Waals surface area contributed by atoms with Crippen LogP contribution >= 0.6 is 0 Å². The molecule has 1 aromatic heterocycles. The van der Waals surface area contributed by atoms with E-state index in [1.54, 1.807) is 24.1 Å². The Morgan fingerprint density at radius 3 is 3.04 bits per heavy atom. The minimum atomic E-state index is -0.529. The van der Waals surface area contributed by atoms with Crippen LogP contribution in [0.4, 0.5) is 4.39 Å². The van der Waals surface area contributed by atoms with Gasteiger partial charge in [-0.2, -0.15) is 4.98 Å². The lowest BCUT2D eigenvalue weighted by Gasteiger charge is -2.22. The highest BCUT2D eigenvalue weighted by Crippen LogP contribution is 2.32. The summed E-state index contributed by atoms with van der Waals surface area (Å²) >= 11 is 0. The van der Waals surface area contributed by atoms with Crippen LogP contribution in [0.1, 0.15) is 41.0 Å². The molecule has 25 heavy (non-hydrogen) atoms. The molecule has 1 amide bonds. The fourth-order valence-electron chi connectivity index (χ4n) is 2.83. The lowest BCUT2D eigenvalue weighted by molar-refractivity contribution is 0.0494. The highest BCUT2D eigenvalue weighted by molar-refractivity contribution is 5.94. The van der Waals surface area contributed by atoms with Crippen molar-refractivity contribution < 1.29 is 23.2 Å². The van der Waals surface area contributed by atoms with Crippen molar-refractivity contribution in [3.63, 3.8) is 0 Å². The van der Waals surface area contributed by atoms with E-state index in [1.807, 2.05) is 0 Å². The topological polar surface area (TPSA) is 77.7 Å². The van der Waals surface area contributed by atoms with Crippen molar-refractivity contribution in [3.05, 3.63) is 47.4 Å². The lowest BCUT2D eigenvalue weighted by Crippen LogP contribution is -2.31. The second kappa shape index (κ2) is 8.17. The van der Waals surface area contributed by atoms with Crippen molar-refractivity contribution in [3.8, 4) is 0 Å². The molecule has 0 radical (unpaired) electrons. The second-order valence-electron chi connectivity index (χ2n) is 5.73. The van der Waals surface area contributed by atoms with Gasteiger partial charge in [-0.3, -0.25) is 4.79 Å². The van der Waals surface area contributed by atoms with Crippen LogP contribution in [0.3, 0.4) is 0 Å². The molecule has 2 aromatic rings. The molecule has 7 nitrogen and oxygen atoms in total. The number of amides is 1. The normalized spacial score (nSPS) is 17.2. The van der Waals surface area contributed by atoms with E-state index in [1.165, 1.54) is 12.1 Å². The maximum atomic E-state index is 13.9. The molecule has 1 unspecified atom stereocenters. The molecule has 1 aromatic carbocycles. The zero-order valence-corrected chi connectivity index (χ0v) is 14.0. The number of aromatic nitrogens is 2. The van der Waals surface area contributed by atoms with Gasteiger partial charge < -0.3 is 18.9 Å². The first-order valence-corrected chi connectivity index (χ1v) is 8.15. The van der Waals surface area contributed by atoms with Crippen LogP contribution in [-0.2, 0) is 16.1 Å². The largest absolute Gasteiger partial charge is 0.382 e. The Morgan fingerprint density at radius 2 is 2.24 bits per heavy atom. The number of rotatable bonds is 7. The van der Waals surface area contributed by atoms with Gasteiger partial charge in [0, 0.05) is 13.7 Å². The molecule has 3 rings (SSSR count). The lowest BCUT2D eigenvalue weighted by atomic mass is 10.1. The van der Waals surface area contributed by atoms with Crippen LogP contribution in [0, 0.1) is 5.82 Å². The van der Waals surface area contributed by atoms with Crippen molar-refractivity contribution in [2.45, 2.75) is 25.5 Å². The van der Waals surface area contributed by atoms with Crippen molar-refractivity contribution in [1.29, 1.82) is 0 Å². The quantitative estimate of drug-likeness (QED) is 0.714. The smallest absolute Gasteiger partial charge is 0.257 e. The van der Waals surface area contributed by atoms with E-state index in [4.69, 9.17) is 14.0 Å². The van der Waals surface area contributed by atoms with E-state index in [0.29, 0.717) is 37.9 Å². The zero-order chi connectivity index (χ0) is 17.6. The predicted octanol–water partition coefficient (Wildman–Crippen LogP) is 2.35. The Bertz CT molecular complexity index is 721. The van der Waals surface area contributed by atoms with E-state index in [2.05, 4.69) is 10.1 Å². The molecule has 1 aliphatic rings. The molecule has 1 fully saturated rings. The monoisotopic (exact) mass is 349 g/mol. The fourth-order valence-corrected chi connectivity index (χ4v) is 2.83. The first kappa shape index (κ1) is 17.5. The third kappa shape index (κ3) is 4.02. The standard InChI is InChI=1S/C17H20FN3O4/c1-23-9-10-24-11-15-19-16(20-25-15)14-7-4-8-21(14)17(22)12-5-2-3-6-13(12)18/h2-3,5-6,14H,4,7-11H2,1H3. The average molecular weight is 349 g/mol. The van der Waals surface area contributed by atoms with Gasteiger partial charge in [-0.25, -0.2) is 4.39 Å². The van der Waals surface area contributed by atoms with Crippen LogP contribution < -0.4 is 0 Å². The Morgan fingerprint density at radius 1 is 1.40 bits per heavy atom. The van der Waals surface area contributed by atoms with Crippen LogP contribution in [-0.4, -0.2) is 47.8 Å². The molecule has 0 saturated carbocycles. The van der Waals surface area contributed by atoms with E-state index in [0.717, 1.165) is 6.42 Å². The Labute approximate surface area is 144 Å². The highest BCUT2D eigenvalue weighted by Gasteiger charge is 2.34. The summed E-state index contributed by atoms with van der Waals surface area (Å²) in [5.74, 6) is -0.120. The summed E-state index contributed by atoms with van der Waals surface area (Å²) in [6.45, 7) is 1.63. The fraction of sp³-hybridized carbons (Fsp3) is 0.471. The third-order valence-electron chi connectivity index (χ3n) is 4.06. The minimum absolute atomic E-state index is 0.0565. The van der Waals surface area contributed by atoms with E-state index in [9.17, 15) is 9.18 Å². The molecular formula is C17H20FN3O4. The molecule has 2 heterocycles. The van der Waals surface area contributed by atoms with Crippen LogP contribution in [0.5, 0.6) is 0 Å². The van der Waals surface area contributed by atoms with Crippen LogP contribution in [0.25, 0.3) is 0 Å². The van der Waals surface area contributed by atoms with Gasteiger partial charge in [0.15, 0.2) is 5.82 Å². The summed E-state index contributed by atoms with van der Waals surface area (Å²) in [5.41, 5.74) is 0.0565. The zero-order valence-electron chi connectivity index (χ0n) is 14.0. The summed E-state index contributed by atoms with van der Waals surface area (Å²) in [6, 6.07) is 5.65. The third-order valence-corrected chi connectivity index (χ3v) is 4.06. The summed E-state index contributed by atoms with van der Waals surface area (Å²) in [4.78, 5) is 18.6. The van der Waals surface area contributed by atoms with Gasteiger partial charge >= 0.3 is 0 Å². The number of benzene rings is 1. The number of ether oxygens (including phenoxy) is 2. The summed E-state index contributed by atoms with van der Waals surface area (Å²) in [6.07, 6.45) is 1.52. The Hall–Kier alpha value is -2.32. The molecule has 0 spiro atoms. The minimum Gasteiger partial charge on any atom is -0.382 e. The number of likely N-dealkylation sites (tertiary alicyclic amines) is 1. The van der Waals surface area contributed by atoms with Gasteiger partial charge in [0.2, 0.25) is 0 Å². The molecule has 134 valence electrons. The van der Waals surface area contributed by atoms with Gasteiger partial charge in [-0.1, -0.05) is 17.3 Å². The van der Waals surface area contributed by atoms with Gasteiger partial charge in [0.25, 0.3) is 11.8 Å². The Balaban J connectivity index is 1.68. The van der Waals surface area contributed by atoms with Crippen molar-refractivity contribution in [2.75, 3.05) is 26.9 Å². The van der Waals surface area contributed by atoms with Crippen LogP contribution in [0.2, 0.25) is 0 Å². The molecule has 8 heteroatoms. The summed E-state index contributed by atoms with van der Waals surface area (Å²) in [5, 5.41) is 3.96. The summed E-state index contributed by atoms with van der Waals surface area (Å²) in [7, 11) is 1.59. The average Bonchev–Trinajstić information content (AvgIpc) is 3.27. The molecule has 1 atom stereocenters. The van der Waals surface area contributed by atoms with Crippen molar-refractivity contribution in [2.24, 2.45) is 0 Å². The highest BCUT2D eigenvalue weighted by atomic mass is 19.1.